The Balaban J connectivity index is 1.67. The van der Waals surface area contributed by atoms with Crippen LogP contribution in [0.1, 0.15) is 11.1 Å². The zero-order valence-electron chi connectivity index (χ0n) is 15.1. The van der Waals surface area contributed by atoms with Gasteiger partial charge < -0.3 is 9.64 Å². The quantitative estimate of drug-likeness (QED) is 0.625. The Morgan fingerprint density at radius 1 is 1.04 bits per heavy atom. The minimum atomic E-state index is -0.221. The van der Waals surface area contributed by atoms with Crippen molar-refractivity contribution in [1.82, 2.24) is 14.8 Å². The summed E-state index contributed by atoms with van der Waals surface area (Å²) >= 11 is 1.60. The van der Waals surface area contributed by atoms with Crippen molar-refractivity contribution in [3.8, 4) is 5.69 Å². The minimum absolute atomic E-state index is 0.221. The predicted molar refractivity (Wildman–Crippen MR) is 105 cm³/mol. The van der Waals surface area contributed by atoms with Gasteiger partial charge in [-0.1, -0.05) is 42.1 Å². The summed E-state index contributed by atoms with van der Waals surface area (Å²) in [6, 6.07) is 14.8. The highest BCUT2D eigenvalue weighted by Gasteiger charge is 2.22. The van der Waals surface area contributed by atoms with Gasteiger partial charge in [-0.15, -0.1) is 10.2 Å². The molecule has 7 heteroatoms. The Hall–Kier alpha value is -2.38. The summed E-state index contributed by atoms with van der Waals surface area (Å²) in [5.41, 5.74) is 3.29. The summed E-state index contributed by atoms with van der Waals surface area (Å²) < 4.78 is 20.7. The lowest BCUT2D eigenvalue weighted by Crippen LogP contribution is -2.38. The van der Waals surface area contributed by atoms with Crippen LogP contribution in [0.15, 0.2) is 53.7 Å². The third kappa shape index (κ3) is 3.99. The molecule has 2 heterocycles. The van der Waals surface area contributed by atoms with Gasteiger partial charge in [0, 0.05) is 18.8 Å². The van der Waals surface area contributed by atoms with Gasteiger partial charge in [-0.25, -0.2) is 4.39 Å². The van der Waals surface area contributed by atoms with E-state index in [2.05, 4.69) is 38.7 Å². The number of hydrogen-bond donors (Lipinski definition) is 0. The zero-order chi connectivity index (χ0) is 18.6. The first-order chi connectivity index (χ1) is 13.2. The molecular formula is C20H21FN4OS. The molecule has 0 bridgehead atoms. The Morgan fingerprint density at radius 3 is 2.52 bits per heavy atom. The monoisotopic (exact) mass is 384 g/mol. The highest BCUT2D eigenvalue weighted by molar-refractivity contribution is 7.98. The molecule has 1 fully saturated rings. The number of halogens is 1. The van der Waals surface area contributed by atoms with Crippen molar-refractivity contribution in [3.63, 3.8) is 0 Å². The van der Waals surface area contributed by atoms with Crippen molar-refractivity contribution in [2.75, 3.05) is 31.2 Å². The van der Waals surface area contributed by atoms with Gasteiger partial charge in [0.1, 0.15) is 5.82 Å². The number of thioether (sulfide) groups is 1. The average Bonchev–Trinajstić information content (AvgIpc) is 3.12. The Labute approximate surface area is 162 Å². The van der Waals surface area contributed by atoms with E-state index >= 15 is 0 Å². The molecule has 0 spiro atoms. The van der Waals surface area contributed by atoms with Crippen LogP contribution in [-0.2, 0) is 10.5 Å². The molecule has 0 saturated carbocycles. The summed E-state index contributed by atoms with van der Waals surface area (Å²) in [5.74, 6) is 1.32. The molecule has 0 amide bonds. The molecule has 0 aliphatic carbocycles. The number of morpholine rings is 1. The third-order valence-corrected chi connectivity index (χ3v) is 5.55. The fourth-order valence-corrected chi connectivity index (χ4v) is 3.97. The number of anilines is 1. The van der Waals surface area contributed by atoms with Crippen LogP contribution in [0.4, 0.5) is 10.3 Å². The lowest BCUT2D eigenvalue weighted by molar-refractivity contribution is 0.122. The van der Waals surface area contributed by atoms with Crippen LogP contribution in [0.2, 0.25) is 0 Å². The van der Waals surface area contributed by atoms with Crippen LogP contribution in [-0.4, -0.2) is 41.1 Å². The fourth-order valence-electron chi connectivity index (χ4n) is 3.08. The lowest BCUT2D eigenvalue weighted by atomic mass is 10.2. The molecule has 0 N–H and O–H groups in total. The minimum Gasteiger partial charge on any atom is -0.378 e. The molecule has 4 rings (SSSR count). The van der Waals surface area contributed by atoms with Gasteiger partial charge >= 0.3 is 0 Å². The number of aryl methyl sites for hydroxylation is 1. The van der Waals surface area contributed by atoms with Crippen molar-refractivity contribution >= 4 is 17.7 Å². The van der Waals surface area contributed by atoms with Crippen LogP contribution in [0.25, 0.3) is 5.69 Å². The number of rotatable bonds is 5. The molecule has 0 radical (unpaired) electrons. The molecule has 3 aromatic rings. The largest absolute Gasteiger partial charge is 0.378 e. The predicted octanol–water partition coefficient (Wildman–Crippen LogP) is 3.84. The highest BCUT2D eigenvalue weighted by atomic mass is 32.2. The van der Waals surface area contributed by atoms with E-state index in [1.54, 1.807) is 23.9 Å². The molecule has 0 atom stereocenters. The number of aromatic nitrogens is 3. The Bertz CT molecular complexity index is 907. The van der Waals surface area contributed by atoms with E-state index in [0.717, 1.165) is 41.0 Å². The summed E-state index contributed by atoms with van der Waals surface area (Å²) in [5, 5.41) is 9.78. The second-order valence-corrected chi connectivity index (χ2v) is 7.36. The van der Waals surface area contributed by atoms with Crippen molar-refractivity contribution < 1.29 is 9.13 Å². The molecule has 2 aromatic carbocycles. The summed E-state index contributed by atoms with van der Waals surface area (Å²) in [6.07, 6.45) is 0. The molecule has 140 valence electrons. The maximum absolute atomic E-state index is 13.1. The smallest absolute Gasteiger partial charge is 0.232 e. The first-order valence-corrected chi connectivity index (χ1v) is 9.92. The van der Waals surface area contributed by atoms with Gasteiger partial charge in [0.25, 0.3) is 0 Å². The Kier molecular flexibility index (Phi) is 5.40. The van der Waals surface area contributed by atoms with Gasteiger partial charge in [-0.05, 0) is 36.2 Å². The molecule has 27 heavy (non-hydrogen) atoms. The van der Waals surface area contributed by atoms with E-state index in [9.17, 15) is 4.39 Å². The second-order valence-electron chi connectivity index (χ2n) is 6.42. The van der Waals surface area contributed by atoms with Gasteiger partial charge in [0.2, 0.25) is 5.95 Å². The van der Waals surface area contributed by atoms with Crippen LogP contribution < -0.4 is 4.90 Å². The van der Waals surface area contributed by atoms with Gasteiger partial charge in [0.15, 0.2) is 5.16 Å². The standard InChI is InChI=1S/C20H21FN4OS/c1-15-4-2-3-5-18(15)25-19(24-10-12-26-13-11-24)22-23-20(25)27-14-16-6-8-17(21)9-7-16/h2-9H,10-14H2,1H3. The van der Waals surface area contributed by atoms with E-state index in [1.807, 2.05) is 12.1 Å². The molecule has 1 aliphatic heterocycles. The van der Waals surface area contributed by atoms with E-state index in [4.69, 9.17) is 4.74 Å². The van der Waals surface area contributed by atoms with E-state index in [0.29, 0.717) is 19.0 Å². The number of para-hydroxylation sites is 1. The highest BCUT2D eigenvalue weighted by Crippen LogP contribution is 2.30. The molecule has 5 nitrogen and oxygen atoms in total. The van der Waals surface area contributed by atoms with Crippen LogP contribution in [0, 0.1) is 12.7 Å². The number of nitrogens with zero attached hydrogens (tertiary/aromatic N) is 4. The van der Waals surface area contributed by atoms with Gasteiger partial charge in [-0.3, -0.25) is 4.57 Å². The van der Waals surface area contributed by atoms with E-state index < -0.39 is 0 Å². The van der Waals surface area contributed by atoms with Gasteiger partial charge in [-0.2, -0.15) is 0 Å². The van der Waals surface area contributed by atoms with Crippen molar-refractivity contribution in [2.45, 2.75) is 17.8 Å². The van der Waals surface area contributed by atoms with Gasteiger partial charge in [0.05, 0.1) is 18.9 Å². The number of hydrogen-bond acceptors (Lipinski definition) is 5. The summed E-state index contributed by atoms with van der Waals surface area (Å²) in [4.78, 5) is 2.21. The number of benzene rings is 2. The zero-order valence-corrected chi connectivity index (χ0v) is 16.0. The SMILES string of the molecule is Cc1ccccc1-n1c(SCc2ccc(F)cc2)nnc1N1CCOCC1. The first kappa shape index (κ1) is 18.0. The summed E-state index contributed by atoms with van der Waals surface area (Å²) in [6.45, 7) is 5.07. The van der Waals surface area contributed by atoms with Crippen LogP contribution in [0.5, 0.6) is 0 Å². The normalized spacial score (nSPS) is 14.5. The lowest BCUT2D eigenvalue weighted by Gasteiger charge is -2.28. The van der Waals surface area contributed by atoms with Crippen molar-refractivity contribution in [3.05, 3.63) is 65.5 Å². The molecule has 1 saturated heterocycles. The number of ether oxygens (including phenoxy) is 1. The second kappa shape index (κ2) is 8.10. The Morgan fingerprint density at radius 2 is 1.78 bits per heavy atom. The molecule has 1 aromatic heterocycles. The average molecular weight is 384 g/mol. The molecule has 0 unspecified atom stereocenters. The van der Waals surface area contributed by atoms with Crippen molar-refractivity contribution in [1.29, 1.82) is 0 Å². The van der Waals surface area contributed by atoms with Crippen LogP contribution in [0.3, 0.4) is 0 Å². The van der Waals surface area contributed by atoms with E-state index in [-0.39, 0.29) is 5.82 Å². The van der Waals surface area contributed by atoms with Crippen molar-refractivity contribution in [2.24, 2.45) is 0 Å². The molecule has 1 aliphatic rings. The van der Waals surface area contributed by atoms with Crippen LogP contribution >= 0.6 is 11.8 Å². The third-order valence-electron chi connectivity index (χ3n) is 4.55. The van der Waals surface area contributed by atoms with E-state index in [1.165, 1.54) is 12.1 Å². The fraction of sp³-hybridized carbons (Fsp3) is 0.300. The maximum Gasteiger partial charge on any atom is 0.232 e. The first-order valence-electron chi connectivity index (χ1n) is 8.94. The maximum atomic E-state index is 13.1. The topological polar surface area (TPSA) is 43.2 Å². The molecular weight excluding hydrogens is 363 g/mol. The summed E-state index contributed by atoms with van der Waals surface area (Å²) in [7, 11) is 0.